The first-order valence-corrected chi connectivity index (χ1v) is 5.69. The molecule has 1 aromatic rings. The van der Waals surface area contributed by atoms with Crippen molar-refractivity contribution in [3.05, 3.63) is 30.3 Å². The number of hydrogen-bond acceptors (Lipinski definition) is 2. The summed E-state index contributed by atoms with van der Waals surface area (Å²) in [5.41, 5.74) is 0. The first-order chi connectivity index (χ1) is 6.64. The van der Waals surface area contributed by atoms with Gasteiger partial charge in [0.25, 0.3) is 0 Å². The number of rotatable bonds is 5. The van der Waals surface area contributed by atoms with Crippen LogP contribution in [0.2, 0.25) is 0 Å². The monoisotopic (exact) mass is 210 g/mol. The summed E-state index contributed by atoms with van der Waals surface area (Å²) in [5, 5.41) is 0. The molecule has 14 heavy (non-hydrogen) atoms. The largest absolute Gasteiger partial charge is 0.385 e. The van der Waals surface area contributed by atoms with Crippen LogP contribution in [0.1, 0.15) is 20.3 Å². The summed E-state index contributed by atoms with van der Waals surface area (Å²) < 4.78 is 5.35. The van der Waals surface area contributed by atoms with Crippen molar-refractivity contribution in [1.82, 2.24) is 0 Å². The highest BCUT2D eigenvalue weighted by Gasteiger charge is 2.18. The zero-order valence-corrected chi connectivity index (χ0v) is 9.93. The maximum atomic E-state index is 5.10. The lowest BCUT2D eigenvalue weighted by molar-refractivity contribution is 0.187. The zero-order chi connectivity index (χ0) is 10.4. The maximum Gasteiger partial charge on any atom is 0.0475 e. The lowest BCUT2D eigenvalue weighted by Crippen LogP contribution is -2.16. The van der Waals surface area contributed by atoms with Crippen molar-refractivity contribution < 1.29 is 4.74 Å². The number of methoxy groups -OCH3 is 1. The second-order valence-electron chi connectivity index (χ2n) is 3.92. The van der Waals surface area contributed by atoms with Crippen LogP contribution in [-0.4, -0.2) is 18.5 Å². The molecule has 0 saturated carbocycles. The number of ether oxygens (including phenoxy) is 1. The van der Waals surface area contributed by atoms with Gasteiger partial charge in [-0.2, -0.15) is 0 Å². The number of hydrogen-bond donors (Lipinski definition) is 0. The molecule has 1 aromatic carbocycles. The molecule has 0 spiro atoms. The quantitative estimate of drug-likeness (QED) is 0.687. The van der Waals surface area contributed by atoms with Crippen LogP contribution in [0.15, 0.2) is 35.2 Å². The fourth-order valence-electron chi connectivity index (χ4n) is 1.21. The molecule has 0 fully saturated rings. The fourth-order valence-corrected chi connectivity index (χ4v) is 2.32. The van der Waals surface area contributed by atoms with E-state index in [1.165, 1.54) is 4.90 Å². The zero-order valence-electron chi connectivity index (χ0n) is 9.12. The topological polar surface area (TPSA) is 9.23 Å². The predicted octanol–water partition coefficient (Wildman–Crippen LogP) is 3.59. The van der Waals surface area contributed by atoms with Crippen molar-refractivity contribution in [3.8, 4) is 0 Å². The van der Waals surface area contributed by atoms with Crippen LogP contribution >= 0.6 is 11.8 Å². The van der Waals surface area contributed by atoms with Gasteiger partial charge in [-0.05, 0) is 18.6 Å². The highest BCUT2D eigenvalue weighted by atomic mass is 32.2. The summed E-state index contributed by atoms with van der Waals surface area (Å²) in [7, 11) is 1.75. The molecule has 0 unspecified atom stereocenters. The van der Waals surface area contributed by atoms with E-state index in [9.17, 15) is 0 Å². The number of benzene rings is 1. The van der Waals surface area contributed by atoms with Gasteiger partial charge in [-0.1, -0.05) is 32.0 Å². The second-order valence-corrected chi connectivity index (χ2v) is 5.70. The predicted molar refractivity (Wildman–Crippen MR) is 62.9 cm³/mol. The summed E-state index contributed by atoms with van der Waals surface area (Å²) in [6, 6.07) is 10.5. The summed E-state index contributed by atoms with van der Waals surface area (Å²) in [6.45, 7) is 5.33. The minimum absolute atomic E-state index is 0.247. The molecule has 0 saturated heterocycles. The van der Waals surface area contributed by atoms with Gasteiger partial charge in [-0.3, -0.25) is 0 Å². The first-order valence-electron chi connectivity index (χ1n) is 4.87. The van der Waals surface area contributed by atoms with Crippen molar-refractivity contribution in [2.75, 3.05) is 13.7 Å². The molecular weight excluding hydrogens is 192 g/mol. The normalized spacial score (nSPS) is 11.6. The molecule has 0 aliphatic carbocycles. The van der Waals surface area contributed by atoms with Crippen LogP contribution in [0.5, 0.6) is 0 Å². The van der Waals surface area contributed by atoms with E-state index in [4.69, 9.17) is 4.74 Å². The van der Waals surface area contributed by atoms with Crippen LogP contribution in [-0.2, 0) is 4.74 Å². The van der Waals surface area contributed by atoms with Crippen molar-refractivity contribution in [2.24, 2.45) is 0 Å². The molecule has 1 rings (SSSR count). The van der Waals surface area contributed by atoms with Crippen molar-refractivity contribution >= 4 is 11.8 Å². The van der Waals surface area contributed by atoms with E-state index < -0.39 is 0 Å². The Balaban J connectivity index is 2.50. The molecule has 0 heterocycles. The van der Waals surface area contributed by atoms with Crippen LogP contribution < -0.4 is 0 Å². The Labute approximate surface area is 90.9 Å². The number of thioether (sulfide) groups is 1. The lowest BCUT2D eigenvalue weighted by Gasteiger charge is -2.23. The second kappa shape index (κ2) is 5.42. The van der Waals surface area contributed by atoms with Crippen molar-refractivity contribution in [2.45, 2.75) is 29.9 Å². The van der Waals surface area contributed by atoms with E-state index in [2.05, 4.69) is 38.1 Å². The van der Waals surface area contributed by atoms with E-state index >= 15 is 0 Å². The molecule has 0 radical (unpaired) electrons. The van der Waals surface area contributed by atoms with Gasteiger partial charge < -0.3 is 4.74 Å². The third-order valence-corrected chi connectivity index (χ3v) is 3.31. The highest BCUT2D eigenvalue weighted by molar-refractivity contribution is 8.00. The highest BCUT2D eigenvalue weighted by Crippen LogP contribution is 2.34. The van der Waals surface area contributed by atoms with Gasteiger partial charge in [-0.15, -0.1) is 11.8 Å². The minimum Gasteiger partial charge on any atom is -0.385 e. The van der Waals surface area contributed by atoms with E-state index in [1.807, 2.05) is 17.8 Å². The van der Waals surface area contributed by atoms with Gasteiger partial charge in [0.05, 0.1) is 0 Å². The van der Waals surface area contributed by atoms with Gasteiger partial charge in [0, 0.05) is 23.4 Å². The first kappa shape index (κ1) is 11.6. The molecule has 0 amide bonds. The SMILES string of the molecule is COCCC(C)(C)Sc1ccccc1. The molecule has 0 aliphatic rings. The van der Waals surface area contributed by atoms with E-state index in [0.29, 0.717) is 0 Å². The third kappa shape index (κ3) is 4.16. The molecular formula is C12H18OS. The van der Waals surface area contributed by atoms with Crippen molar-refractivity contribution in [1.29, 1.82) is 0 Å². The molecule has 78 valence electrons. The standard InChI is InChI=1S/C12H18OS/c1-12(2,9-10-13-3)14-11-7-5-4-6-8-11/h4-8H,9-10H2,1-3H3. The van der Waals surface area contributed by atoms with E-state index in [0.717, 1.165) is 13.0 Å². The Kier molecular flexibility index (Phi) is 4.49. The average Bonchev–Trinajstić information content (AvgIpc) is 2.16. The Hall–Kier alpha value is -0.470. The summed E-state index contributed by atoms with van der Waals surface area (Å²) >= 11 is 1.91. The maximum absolute atomic E-state index is 5.10. The molecule has 1 nitrogen and oxygen atoms in total. The van der Waals surface area contributed by atoms with Gasteiger partial charge in [0.15, 0.2) is 0 Å². The van der Waals surface area contributed by atoms with Crippen LogP contribution in [0, 0.1) is 0 Å². The van der Waals surface area contributed by atoms with Crippen LogP contribution in [0.25, 0.3) is 0 Å². The molecule has 0 aliphatic heterocycles. The minimum atomic E-state index is 0.247. The van der Waals surface area contributed by atoms with Crippen molar-refractivity contribution in [3.63, 3.8) is 0 Å². The molecule has 0 bridgehead atoms. The van der Waals surface area contributed by atoms with E-state index in [-0.39, 0.29) is 4.75 Å². The Morgan fingerprint density at radius 2 is 1.86 bits per heavy atom. The van der Waals surface area contributed by atoms with Crippen LogP contribution in [0.4, 0.5) is 0 Å². The van der Waals surface area contributed by atoms with Gasteiger partial charge in [-0.25, -0.2) is 0 Å². The van der Waals surface area contributed by atoms with Gasteiger partial charge in [0.1, 0.15) is 0 Å². The van der Waals surface area contributed by atoms with E-state index in [1.54, 1.807) is 7.11 Å². The molecule has 0 N–H and O–H groups in total. The lowest BCUT2D eigenvalue weighted by atomic mass is 10.1. The molecule has 2 heteroatoms. The van der Waals surface area contributed by atoms with Gasteiger partial charge in [0.2, 0.25) is 0 Å². The third-order valence-electron chi connectivity index (χ3n) is 2.05. The Bertz CT molecular complexity index is 256. The average molecular weight is 210 g/mol. The summed E-state index contributed by atoms with van der Waals surface area (Å²) in [4.78, 5) is 1.33. The fraction of sp³-hybridized carbons (Fsp3) is 0.500. The molecule has 0 atom stereocenters. The van der Waals surface area contributed by atoms with Gasteiger partial charge >= 0.3 is 0 Å². The summed E-state index contributed by atoms with van der Waals surface area (Å²) in [5.74, 6) is 0. The molecule has 0 aromatic heterocycles. The smallest absolute Gasteiger partial charge is 0.0475 e. The summed E-state index contributed by atoms with van der Waals surface area (Å²) in [6.07, 6.45) is 1.07. The van der Waals surface area contributed by atoms with Crippen LogP contribution in [0.3, 0.4) is 0 Å². The Morgan fingerprint density at radius 3 is 2.43 bits per heavy atom. The Morgan fingerprint density at radius 1 is 1.21 bits per heavy atom.